The van der Waals surface area contributed by atoms with Crippen LogP contribution >= 0.6 is 0 Å². The number of esters is 2. The molecule has 0 saturated carbocycles. The summed E-state index contributed by atoms with van der Waals surface area (Å²) in [6.07, 6.45) is 3.42. The minimum absolute atomic E-state index is 0.180. The van der Waals surface area contributed by atoms with E-state index < -0.39 is 17.7 Å². The quantitative estimate of drug-likeness (QED) is 0.370. The predicted octanol–water partition coefficient (Wildman–Crippen LogP) is 0.210. The third kappa shape index (κ3) is 2.41. The smallest absolute Gasteiger partial charge is 0.352 e. The molecule has 2 rings (SSSR count). The number of hydrogen-bond acceptors (Lipinski definition) is 6. The lowest BCUT2D eigenvalue weighted by Gasteiger charge is -2.30. The number of rotatable bonds is 0. The molecule has 0 aromatic carbocycles. The van der Waals surface area contributed by atoms with E-state index in [1.54, 1.807) is 12.3 Å². The summed E-state index contributed by atoms with van der Waals surface area (Å²) in [5, 5.41) is 2.88. The van der Waals surface area contributed by atoms with Crippen molar-refractivity contribution in [2.24, 2.45) is 0 Å². The molecule has 17 heavy (non-hydrogen) atoms. The summed E-state index contributed by atoms with van der Waals surface area (Å²) in [4.78, 5) is 23.4. The van der Waals surface area contributed by atoms with Crippen LogP contribution in [0.2, 0.25) is 0 Å². The first-order valence-corrected chi connectivity index (χ1v) is 5.20. The number of cyclic esters (lactones) is 2. The molecule has 0 amide bonds. The van der Waals surface area contributed by atoms with E-state index in [0.29, 0.717) is 0 Å². The molecule has 0 aromatic rings. The number of carbonyl (C=O) groups is 2. The first-order valence-electron chi connectivity index (χ1n) is 5.20. The molecular weight excluding hydrogens is 226 g/mol. The van der Waals surface area contributed by atoms with Gasteiger partial charge in [-0.05, 0) is 12.3 Å². The van der Waals surface area contributed by atoms with Crippen LogP contribution < -0.4 is 5.32 Å². The van der Waals surface area contributed by atoms with Gasteiger partial charge in [-0.25, -0.2) is 9.59 Å². The number of carbonyl (C=O) groups excluding carboxylic acids is 2. The molecule has 1 N–H and O–H groups in total. The highest BCUT2D eigenvalue weighted by Gasteiger charge is 2.41. The fourth-order valence-electron chi connectivity index (χ4n) is 1.52. The van der Waals surface area contributed by atoms with Crippen molar-refractivity contribution in [2.75, 3.05) is 13.2 Å². The molecule has 0 radical (unpaired) electrons. The van der Waals surface area contributed by atoms with Crippen molar-refractivity contribution in [3.63, 3.8) is 0 Å². The number of nitrogens with one attached hydrogen (secondary N) is 1. The largest absolute Gasteiger partial charge is 0.491 e. The lowest BCUT2D eigenvalue weighted by atomic mass is 10.2. The fourth-order valence-corrected chi connectivity index (χ4v) is 1.52. The Bertz CT molecular complexity index is 388. The monoisotopic (exact) mass is 239 g/mol. The van der Waals surface area contributed by atoms with Gasteiger partial charge in [0.2, 0.25) is 0 Å². The SMILES string of the molecule is CC1(C)OC(=O)C(=C2CNC=CCO2)C(=O)O1. The molecule has 6 nitrogen and oxygen atoms in total. The Morgan fingerprint density at radius 1 is 1.24 bits per heavy atom. The van der Waals surface area contributed by atoms with E-state index in [1.165, 1.54) is 13.8 Å². The van der Waals surface area contributed by atoms with Crippen LogP contribution in [0.15, 0.2) is 23.6 Å². The molecule has 0 spiro atoms. The van der Waals surface area contributed by atoms with E-state index >= 15 is 0 Å². The Hall–Kier alpha value is -1.98. The van der Waals surface area contributed by atoms with E-state index in [1.807, 2.05) is 0 Å². The predicted molar refractivity (Wildman–Crippen MR) is 56.4 cm³/mol. The second-order valence-corrected chi connectivity index (χ2v) is 4.07. The summed E-state index contributed by atoms with van der Waals surface area (Å²) in [6, 6.07) is 0. The van der Waals surface area contributed by atoms with Gasteiger partial charge in [0.1, 0.15) is 12.4 Å². The van der Waals surface area contributed by atoms with Crippen LogP contribution in [-0.2, 0) is 23.8 Å². The topological polar surface area (TPSA) is 73.9 Å². The number of hydrogen-bond donors (Lipinski definition) is 1. The second kappa shape index (κ2) is 4.12. The van der Waals surface area contributed by atoms with Crippen molar-refractivity contribution in [1.82, 2.24) is 5.32 Å². The molecule has 0 aromatic heterocycles. The molecule has 6 heteroatoms. The lowest BCUT2D eigenvalue weighted by Crippen LogP contribution is -2.43. The van der Waals surface area contributed by atoms with Crippen molar-refractivity contribution in [1.29, 1.82) is 0 Å². The summed E-state index contributed by atoms with van der Waals surface area (Å²) in [5.74, 6) is -2.43. The first kappa shape index (κ1) is 11.5. The van der Waals surface area contributed by atoms with Crippen LogP contribution in [0.25, 0.3) is 0 Å². The molecule has 92 valence electrons. The van der Waals surface area contributed by atoms with Gasteiger partial charge in [-0.2, -0.15) is 0 Å². The zero-order valence-electron chi connectivity index (χ0n) is 9.61. The van der Waals surface area contributed by atoms with Crippen LogP contribution in [0.4, 0.5) is 0 Å². The van der Waals surface area contributed by atoms with E-state index in [2.05, 4.69) is 5.32 Å². The van der Waals surface area contributed by atoms with Crippen LogP contribution in [0.3, 0.4) is 0 Å². The van der Waals surface area contributed by atoms with Gasteiger partial charge >= 0.3 is 11.9 Å². The van der Waals surface area contributed by atoms with E-state index in [0.717, 1.165) is 0 Å². The van der Waals surface area contributed by atoms with Crippen molar-refractivity contribution in [3.05, 3.63) is 23.6 Å². The Labute approximate surface area is 98.2 Å². The summed E-state index contributed by atoms with van der Waals surface area (Å²) < 4.78 is 15.2. The number of ether oxygens (including phenoxy) is 3. The summed E-state index contributed by atoms with van der Waals surface area (Å²) in [7, 11) is 0. The van der Waals surface area contributed by atoms with E-state index in [4.69, 9.17) is 14.2 Å². The normalized spacial score (nSPS) is 23.2. The van der Waals surface area contributed by atoms with Gasteiger partial charge in [-0.15, -0.1) is 0 Å². The molecule has 2 aliphatic rings. The van der Waals surface area contributed by atoms with Crippen LogP contribution in [-0.4, -0.2) is 30.9 Å². The molecule has 2 heterocycles. The standard InChI is InChI=1S/C11H13NO5/c1-11(2)16-9(13)8(10(14)17-11)7-6-12-4-3-5-15-7/h3-4,12H,5-6H2,1-2H3. The Morgan fingerprint density at radius 3 is 2.53 bits per heavy atom. The van der Waals surface area contributed by atoms with E-state index in [-0.39, 0.29) is 24.5 Å². The van der Waals surface area contributed by atoms with Gasteiger partial charge in [-0.1, -0.05) is 0 Å². The molecular formula is C11H13NO5. The highest BCUT2D eigenvalue weighted by Crippen LogP contribution is 2.25. The van der Waals surface area contributed by atoms with Gasteiger partial charge in [0, 0.05) is 13.8 Å². The van der Waals surface area contributed by atoms with Crippen molar-refractivity contribution >= 4 is 11.9 Å². The molecule has 1 saturated heterocycles. The van der Waals surface area contributed by atoms with Gasteiger partial charge in [0.05, 0.1) is 6.54 Å². The third-order valence-corrected chi connectivity index (χ3v) is 2.22. The van der Waals surface area contributed by atoms with Crippen LogP contribution in [0, 0.1) is 0 Å². The molecule has 0 bridgehead atoms. The Morgan fingerprint density at radius 2 is 1.88 bits per heavy atom. The first-order chi connectivity index (χ1) is 7.99. The molecule has 0 atom stereocenters. The average Bonchev–Trinajstić information content (AvgIpc) is 2.43. The van der Waals surface area contributed by atoms with Gasteiger partial charge < -0.3 is 19.5 Å². The maximum Gasteiger partial charge on any atom is 0.352 e. The zero-order chi connectivity index (χ0) is 12.5. The van der Waals surface area contributed by atoms with Crippen molar-refractivity contribution in [3.8, 4) is 0 Å². The molecule has 1 fully saturated rings. The maximum atomic E-state index is 11.7. The minimum atomic E-state index is -1.23. The van der Waals surface area contributed by atoms with Gasteiger partial charge in [0.25, 0.3) is 5.79 Å². The maximum absolute atomic E-state index is 11.7. The third-order valence-electron chi connectivity index (χ3n) is 2.22. The van der Waals surface area contributed by atoms with Gasteiger partial charge in [-0.3, -0.25) is 0 Å². The average molecular weight is 239 g/mol. The fraction of sp³-hybridized carbons (Fsp3) is 0.455. The summed E-state index contributed by atoms with van der Waals surface area (Å²) >= 11 is 0. The summed E-state index contributed by atoms with van der Waals surface area (Å²) in [6.45, 7) is 3.53. The Balaban J connectivity index is 2.28. The van der Waals surface area contributed by atoms with Gasteiger partial charge in [0.15, 0.2) is 5.57 Å². The minimum Gasteiger partial charge on any atom is -0.491 e. The molecule has 0 unspecified atom stereocenters. The van der Waals surface area contributed by atoms with Crippen LogP contribution in [0.5, 0.6) is 0 Å². The molecule has 0 aliphatic carbocycles. The van der Waals surface area contributed by atoms with E-state index in [9.17, 15) is 9.59 Å². The second-order valence-electron chi connectivity index (χ2n) is 4.07. The summed E-state index contributed by atoms with van der Waals surface area (Å²) in [5.41, 5.74) is -0.180. The van der Waals surface area contributed by atoms with Crippen molar-refractivity contribution in [2.45, 2.75) is 19.6 Å². The zero-order valence-corrected chi connectivity index (χ0v) is 9.61. The Kier molecular flexibility index (Phi) is 2.79. The lowest BCUT2D eigenvalue weighted by molar-refractivity contribution is -0.222. The highest BCUT2D eigenvalue weighted by atomic mass is 16.7. The molecule has 2 aliphatic heterocycles. The highest BCUT2D eigenvalue weighted by molar-refractivity contribution is 6.15. The van der Waals surface area contributed by atoms with Crippen LogP contribution in [0.1, 0.15) is 13.8 Å². The van der Waals surface area contributed by atoms with Crippen molar-refractivity contribution < 1.29 is 23.8 Å².